The first-order valence-corrected chi connectivity index (χ1v) is 8.47. The minimum absolute atomic E-state index is 0.0935. The fourth-order valence-corrected chi connectivity index (χ4v) is 4.01. The first-order valence-electron chi connectivity index (χ1n) is 8.47. The lowest BCUT2D eigenvalue weighted by molar-refractivity contribution is -0.124. The molecule has 2 radical (unpaired) electrons. The second kappa shape index (κ2) is 7.43. The molecule has 3 rings (SSSR count). The van der Waals surface area contributed by atoms with Crippen molar-refractivity contribution in [2.45, 2.75) is 50.9 Å². The van der Waals surface area contributed by atoms with Gasteiger partial charge in [0.15, 0.2) is 7.98 Å². The lowest BCUT2D eigenvalue weighted by Gasteiger charge is -2.26. The fourth-order valence-electron chi connectivity index (χ4n) is 4.01. The number of nitrogens with zero attached hydrogens (tertiary/aromatic N) is 5. The van der Waals surface area contributed by atoms with Gasteiger partial charge in [-0.1, -0.05) is 0 Å². The van der Waals surface area contributed by atoms with Gasteiger partial charge in [-0.05, 0) is 44.1 Å². The molecule has 1 aromatic heterocycles. The molecule has 1 aromatic rings. The van der Waals surface area contributed by atoms with E-state index < -0.39 is 18.0 Å². The summed E-state index contributed by atoms with van der Waals surface area (Å²) in [5.74, 6) is -0.664. The normalized spacial score (nSPS) is 33.0. The molecule has 0 N–H and O–H groups in total. The van der Waals surface area contributed by atoms with Crippen molar-refractivity contribution in [1.29, 1.82) is 5.26 Å². The van der Waals surface area contributed by atoms with Gasteiger partial charge in [0.1, 0.15) is 24.6 Å². The first-order chi connectivity index (χ1) is 11.6. The monoisotopic (exact) mass is 329 g/mol. The predicted octanol–water partition coefficient (Wildman–Crippen LogP) is 1.29. The molecule has 2 fully saturated rings. The van der Waals surface area contributed by atoms with Gasteiger partial charge < -0.3 is 4.81 Å². The lowest BCUT2D eigenvalue weighted by atomic mass is 9.92. The van der Waals surface area contributed by atoms with E-state index in [1.807, 2.05) is 4.68 Å². The average molecular weight is 329 g/mol. The highest BCUT2D eigenvalue weighted by molar-refractivity contribution is 6.06. The zero-order valence-electron chi connectivity index (χ0n) is 13.6. The highest BCUT2D eigenvalue weighted by Gasteiger charge is 2.39. The van der Waals surface area contributed by atoms with Gasteiger partial charge >= 0.3 is 0 Å². The molecule has 2 aliphatic carbocycles. The van der Waals surface area contributed by atoms with E-state index in [1.54, 1.807) is 11.1 Å². The summed E-state index contributed by atoms with van der Waals surface area (Å²) in [5, 5.41) is 13.2. The Morgan fingerprint density at radius 2 is 2.25 bits per heavy atom. The molecule has 0 spiro atoms. The summed E-state index contributed by atoms with van der Waals surface area (Å²) in [4.78, 5) is 17.9. The Kier molecular flexibility index (Phi) is 5.29. The van der Waals surface area contributed by atoms with E-state index in [0.717, 1.165) is 25.8 Å². The van der Waals surface area contributed by atoms with Crippen LogP contribution in [0.15, 0.2) is 12.7 Å². The van der Waals surface area contributed by atoms with Crippen molar-refractivity contribution >= 4 is 13.8 Å². The van der Waals surface area contributed by atoms with Gasteiger partial charge in [0.05, 0.1) is 12.0 Å². The molecule has 0 saturated heterocycles. The van der Waals surface area contributed by atoms with Crippen molar-refractivity contribution in [2.75, 3.05) is 6.54 Å². The number of nitriles is 1. The Labute approximate surface area is 142 Å². The zero-order valence-corrected chi connectivity index (χ0v) is 13.6. The number of hydrogen-bond acceptors (Lipinski definition) is 5. The number of alkyl halides is 1. The maximum absolute atomic E-state index is 13.5. The topological polar surface area (TPSA) is 74.8 Å². The Bertz CT molecular complexity index is 604. The van der Waals surface area contributed by atoms with Gasteiger partial charge in [-0.15, -0.1) is 0 Å². The van der Waals surface area contributed by atoms with Crippen LogP contribution in [0.5, 0.6) is 0 Å². The van der Waals surface area contributed by atoms with E-state index in [1.165, 1.54) is 6.33 Å². The number of rotatable bonds is 6. The molecule has 2 unspecified atom stereocenters. The molecule has 0 aromatic carbocycles. The summed E-state index contributed by atoms with van der Waals surface area (Å²) in [6.45, 7) is 0.900. The van der Waals surface area contributed by atoms with E-state index in [0.29, 0.717) is 5.92 Å². The van der Waals surface area contributed by atoms with Crippen molar-refractivity contribution in [3.8, 4) is 6.07 Å². The quantitative estimate of drug-likeness (QED) is 0.735. The largest absolute Gasteiger partial charge is 0.345 e. The van der Waals surface area contributed by atoms with Crippen LogP contribution >= 0.6 is 0 Å². The van der Waals surface area contributed by atoms with Gasteiger partial charge in [-0.2, -0.15) is 10.4 Å². The zero-order chi connectivity index (χ0) is 17.1. The summed E-state index contributed by atoms with van der Waals surface area (Å²) in [6, 6.07) is 2.21. The van der Waals surface area contributed by atoms with E-state index >= 15 is 0 Å². The fraction of sp³-hybridized carbons (Fsp3) is 0.750. The summed E-state index contributed by atoms with van der Waals surface area (Å²) in [7, 11) is 6.11. The summed E-state index contributed by atoms with van der Waals surface area (Å²) >= 11 is 0. The Balaban J connectivity index is 1.49. The van der Waals surface area contributed by atoms with Crippen molar-refractivity contribution in [3.63, 3.8) is 0 Å². The third kappa shape index (κ3) is 3.83. The standard InChI is InChI=1S/C16H21BFN5O/c17-23(8-16(24)15-5-13(18)4-12(15)6-19)14-2-1-11(3-14)7-22-10-20-9-21-22/h9-15H,1-5,7-8H2/t11-,12-,13?,14+,15?/m0/s1. The summed E-state index contributed by atoms with van der Waals surface area (Å²) in [5.41, 5.74) is 0. The van der Waals surface area contributed by atoms with Gasteiger partial charge in [0.25, 0.3) is 0 Å². The van der Waals surface area contributed by atoms with Gasteiger partial charge in [-0.3, -0.25) is 9.48 Å². The molecule has 2 saturated carbocycles. The highest BCUT2D eigenvalue weighted by atomic mass is 19.1. The number of halogens is 1. The third-order valence-electron chi connectivity index (χ3n) is 5.32. The molecular weight excluding hydrogens is 308 g/mol. The molecule has 1 heterocycles. The van der Waals surface area contributed by atoms with Crippen LogP contribution in [0.3, 0.4) is 0 Å². The number of hydrogen-bond donors (Lipinski definition) is 0. The molecule has 24 heavy (non-hydrogen) atoms. The van der Waals surface area contributed by atoms with Gasteiger partial charge in [-0.25, -0.2) is 9.37 Å². The maximum atomic E-state index is 13.5. The van der Waals surface area contributed by atoms with Crippen LogP contribution in [0.25, 0.3) is 0 Å². The van der Waals surface area contributed by atoms with E-state index in [-0.39, 0.29) is 31.2 Å². The minimum Gasteiger partial charge on any atom is -0.345 e. The maximum Gasteiger partial charge on any atom is 0.183 e. The van der Waals surface area contributed by atoms with Crippen molar-refractivity contribution in [1.82, 2.24) is 19.6 Å². The molecule has 5 atom stereocenters. The highest BCUT2D eigenvalue weighted by Crippen LogP contribution is 2.35. The molecule has 126 valence electrons. The Hall–Kier alpha value is -1.75. The van der Waals surface area contributed by atoms with Crippen LogP contribution in [-0.4, -0.2) is 52.1 Å². The smallest absolute Gasteiger partial charge is 0.183 e. The van der Waals surface area contributed by atoms with E-state index in [2.05, 4.69) is 16.2 Å². The Morgan fingerprint density at radius 1 is 1.42 bits per heavy atom. The molecular formula is C16H21BFN5O. The number of Topliss-reactive ketones (excluding diaryl/α,β-unsaturated/α-hetero) is 1. The second-order valence-corrected chi connectivity index (χ2v) is 7.00. The van der Waals surface area contributed by atoms with E-state index in [4.69, 9.17) is 13.2 Å². The SMILES string of the molecule is [B]N(CC(=O)C1CC(F)C[C@H]1C#N)[C@@H]1CC[C@H](Cn2cncn2)C1. The lowest BCUT2D eigenvalue weighted by Crippen LogP contribution is -2.38. The van der Waals surface area contributed by atoms with Crippen LogP contribution in [-0.2, 0) is 11.3 Å². The predicted molar refractivity (Wildman–Crippen MR) is 85.3 cm³/mol. The second-order valence-electron chi connectivity index (χ2n) is 7.00. The number of ketones is 1. The van der Waals surface area contributed by atoms with E-state index in [9.17, 15) is 9.18 Å². The van der Waals surface area contributed by atoms with Crippen LogP contribution in [0, 0.1) is 29.1 Å². The average Bonchev–Trinajstić information content (AvgIpc) is 3.28. The molecule has 8 heteroatoms. The van der Waals surface area contributed by atoms with Crippen molar-refractivity contribution in [3.05, 3.63) is 12.7 Å². The first kappa shape index (κ1) is 17.1. The third-order valence-corrected chi connectivity index (χ3v) is 5.32. The molecule has 2 aliphatic rings. The summed E-state index contributed by atoms with van der Waals surface area (Å²) < 4.78 is 15.3. The van der Waals surface area contributed by atoms with Gasteiger partial charge in [0, 0.05) is 19.0 Å². The van der Waals surface area contributed by atoms with Crippen LogP contribution in [0.1, 0.15) is 32.1 Å². The number of carbonyl (C=O) groups is 1. The summed E-state index contributed by atoms with van der Waals surface area (Å²) in [6.07, 6.45) is 5.36. The molecule has 6 nitrogen and oxygen atoms in total. The van der Waals surface area contributed by atoms with Gasteiger partial charge in [0.2, 0.25) is 0 Å². The number of carbonyl (C=O) groups excluding carboxylic acids is 1. The van der Waals surface area contributed by atoms with Crippen LogP contribution in [0.2, 0.25) is 0 Å². The Morgan fingerprint density at radius 3 is 2.96 bits per heavy atom. The molecule has 0 bridgehead atoms. The van der Waals surface area contributed by atoms with Crippen LogP contribution < -0.4 is 0 Å². The van der Waals surface area contributed by atoms with Crippen LogP contribution in [0.4, 0.5) is 4.39 Å². The minimum atomic E-state index is -1.05. The van der Waals surface area contributed by atoms with Crippen molar-refractivity contribution in [2.24, 2.45) is 17.8 Å². The number of aromatic nitrogens is 3. The van der Waals surface area contributed by atoms with Crippen molar-refractivity contribution < 1.29 is 9.18 Å². The molecule has 0 amide bonds. The molecule has 0 aliphatic heterocycles.